The predicted molar refractivity (Wildman–Crippen MR) is 67.2 cm³/mol. The molecule has 0 saturated carbocycles. The van der Waals surface area contributed by atoms with E-state index in [1.807, 2.05) is 13.0 Å². The van der Waals surface area contributed by atoms with Gasteiger partial charge in [-0.1, -0.05) is 18.2 Å². The third kappa shape index (κ3) is 1.74. The van der Waals surface area contributed by atoms with Crippen LogP contribution < -0.4 is 0 Å². The predicted octanol–water partition coefficient (Wildman–Crippen LogP) is 3.36. The number of aryl methyl sites for hydroxylation is 1. The second-order valence-corrected chi connectivity index (χ2v) is 4.12. The Morgan fingerprint density at radius 2 is 1.44 bits per heavy atom. The molecule has 2 nitrogen and oxygen atoms in total. The van der Waals surface area contributed by atoms with Gasteiger partial charge in [-0.2, -0.15) is 0 Å². The van der Waals surface area contributed by atoms with Crippen LogP contribution in [0.3, 0.4) is 0 Å². The fourth-order valence-corrected chi connectivity index (χ4v) is 2.07. The third-order valence-corrected chi connectivity index (χ3v) is 2.89. The van der Waals surface area contributed by atoms with Crippen molar-refractivity contribution in [3.8, 4) is 22.6 Å². The Morgan fingerprint density at radius 3 is 2.00 bits per heavy atom. The molecule has 2 aromatic rings. The lowest BCUT2D eigenvalue weighted by Crippen LogP contribution is -1.86. The molecule has 0 aliphatic carbocycles. The van der Waals surface area contributed by atoms with E-state index in [4.69, 9.17) is 0 Å². The quantitative estimate of drug-likeness (QED) is 0.660. The summed E-state index contributed by atoms with van der Waals surface area (Å²) >= 11 is 4.30. The SMILES string of the molecule is Cc1cccc(O)c1-c1c(O)cccc1S. The molecule has 2 N–H and O–H groups in total. The van der Waals surface area contributed by atoms with Crippen molar-refractivity contribution in [1.29, 1.82) is 0 Å². The van der Waals surface area contributed by atoms with Crippen LogP contribution in [-0.4, -0.2) is 10.2 Å². The first-order chi connectivity index (χ1) is 7.61. The molecule has 3 heteroatoms. The van der Waals surface area contributed by atoms with E-state index in [9.17, 15) is 10.2 Å². The van der Waals surface area contributed by atoms with Crippen molar-refractivity contribution in [2.24, 2.45) is 0 Å². The van der Waals surface area contributed by atoms with Gasteiger partial charge in [0.15, 0.2) is 0 Å². The molecule has 0 bridgehead atoms. The lowest BCUT2D eigenvalue weighted by Gasteiger charge is -2.12. The van der Waals surface area contributed by atoms with Crippen molar-refractivity contribution in [3.63, 3.8) is 0 Å². The number of hydrogen-bond donors (Lipinski definition) is 3. The largest absolute Gasteiger partial charge is 0.507 e. The van der Waals surface area contributed by atoms with E-state index in [1.165, 1.54) is 0 Å². The number of hydrogen-bond acceptors (Lipinski definition) is 3. The molecule has 0 aromatic heterocycles. The molecule has 0 saturated heterocycles. The molecule has 0 atom stereocenters. The van der Waals surface area contributed by atoms with E-state index in [-0.39, 0.29) is 11.5 Å². The summed E-state index contributed by atoms with van der Waals surface area (Å²) in [5.74, 6) is 0.272. The number of thiol groups is 1. The van der Waals surface area contributed by atoms with Crippen LogP contribution in [0.25, 0.3) is 11.1 Å². The lowest BCUT2D eigenvalue weighted by molar-refractivity contribution is 0.467. The summed E-state index contributed by atoms with van der Waals surface area (Å²) in [6.07, 6.45) is 0. The highest BCUT2D eigenvalue weighted by Crippen LogP contribution is 2.41. The van der Waals surface area contributed by atoms with Crippen LogP contribution in [0.4, 0.5) is 0 Å². The van der Waals surface area contributed by atoms with E-state index in [0.29, 0.717) is 16.0 Å². The maximum absolute atomic E-state index is 9.85. The summed E-state index contributed by atoms with van der Waals surface area (Å²) in [5, 5.41) is 19.7. The van der Waals surface area contributed by atoms with Crippen molar-refractivity contribution < 1.29 is 10.2 Å². The molecule has 0 spiro atoms. The molecule has 16 heavy (non-hydrogen) atoms. The number of rotatable bonds is 1. The molecule has 2 rings (SSSR count). The molecule has 82 valence electrons. The zero-order valence-corrected chi connectivity index (χ0v) is 9.70. The number of benzene rings is 2. The van der Waals surface area contributed by atoms with Crippen molar-refractivity contribution in [3.05, 3.63) is 42.0 Å². The van der Waals surface area contributed by atoms with Gasteiger partial charge in [0.25, 0.3) is 0 Å². The summed E-state index contributed by atoms with van der Waals surface area (Å²) in [6, 6.07) is 10.3. The van der Waals surface area contributed by atoms with Crippen molar-refractivity contribution >= 4 is 12.6 Å². The second-order valence-electron chi connectivity index (χ2n) is 3.64. The minimum Gasteiger partial charge on any atom is -0.507 e. The maximum atomic E-state index is 9.85. The Kier molecular flexibility index (Phi) is 2.79. The number of aromatic hydroxyl groups is 2. The molecule has 0 radical (unpaired) electrons. The van der Waals surface area contributed by atoms with E-state index in [1.54, 1.807) is 30.3 Å². The van der Waals surface area contributed by atoms with Gasteiger partial charge < -0.3 is 10.2 Å². The van der Waals surface area contributed by atoms with Crippen LogP contribution >= 0.6 is 12.6 Å². The van der Waals surface area contributed by atoms with Crippen LogP contribution in [0, 0.1) is 6.92 Å². The molecular formula is C13H12O2S. The normalized spacial score (nSPS) is 10.4. The van der Waals surface area contributed by atoms with Crippen molar-refractivity contribution in [1.82, 2.24) is 0 Å². The molecular weight excluding hydrogens is 220 g/mol. The standard InChI is InChI=1S/C13H12O2S/c1-8-4-2-5-9(14)12(8)13-10(15)6-3-7-11(13)16/h2-7,14-16H,1H3. The zero-order valence-electron chi connectivity index (χ0n) is 8.81. The molecule has 0 fully saturated rings. The Morgan fingerprint density at radius 1 is 0.875 bits per heavy atom. The molecule has 0 aliphatic rings. The minimum absolute atomic E-state index is 0.122. The summed E-state index contributed by atoms with van der Waals surface area (Å²) in [4.78, 5) is 0.643. The highest BCUT2D eigenvalue weighted by molar-refractivity contribution is 7.80. The van der Waals surface area contributed by atoms with Crippen LogP contribution in [0.5, 0.6) is 11.5 Å². The Hall–Kier alpha value is -1.61. The average Bonchev–Trinajstić information content (AvgIpc) is 2.21. The van der Waals surface area contributed by atoms with Crippen LogP contribution in [0.2, 0.25) is 0 Å². The third-order valence-electron chi connectivity index (χ3n) is 2.52. The molecule has 0 heterocycles. The summed E-state index contributed by atoms with van der Waals surface area (Å²) < 4.78 is 0. The molecule has 0 aliphatic heterocycles. The number of phenols is 2. The van der Waals surface area contributed by atoms with Gasteiger partial charge in [-0.25, -0.2) is 0 Å². The first kappa shape index (κ1) is 10.9. The van der Waals surface area contributed by atoms with Crippen LogP contribution in [0.15, 0.2) is 41.3 Å². The maximum Gasteiger partial charge on any atom is 0.124 e. The van der Waals surface area contributed by atoms with Gasteiger partial charge in [-0.05, 0) is 30.7 Å². The van der Waals surface area contributed by atoms with E-state index >= 15 is 0 Å². The molecule has 0 amide bonds. The van der Waals surface area contributed by atoms with Gasteiger partial charge >= 0.3 is 0 Å². The molecule has 0 unspecified atom stereocenters. The van der Waals surface area contributed by atoms with Gasteiger partial charge in [0, 0.05) is 16.0 Å². The highest BCUT2D eigenvalue weighted by atomic mass is 32.1. The average molecular weight is 232 g/mol. The van der Waals surface area contributed by atoms with Gasteiger partial charge in [-0.15, -0.1) is 12.6 Å². The summed E-state index contributed by atoms with van der Waals surface area (Å²) in [5.41, 5.74) is 2.10. The smallest absolute Gasteiger partial charge is 0.124 e. The van der Waals surface area contributed by atoms with Gasteiger partial charge in [0.2, 0.25) is 0 Å². The first-order valence-corrected chi connectivity index (χ1v) is 5.36. The Balaban J connectivity index is 2.77. The fraction of sp³-hybridized carbons (Fsp3) is 0.0769. The minimum atomic E-state index is 0.122. The Bertz CT molecular complexity index is 445. The summed E-state index contributed by atoms with van der Waals surface area (Å²) in [7, 11) is 0. The van der Waals surface area contributed by atoms with E-state index in [0.717, 1.165) is 5.56 Å². The van der Waals surface area contributed by atoms with Crippen molar-refractivity contribution in [2.75, 3.05) is 0 Å². The topological polar surface area (TPSA) is 40.5 Å². The van der Waals surface area contributed by atoms with Gasteiger partial charge in [0.1, 0.15) is 11.5 Å². The highest BCUT2D eigenvalue weighted by Gasteiger charge is 2.14. The first-order valence-electron chi connectivity index (χ1n) is 4.91. The monoisotopic (exact) mass is 232 g/mol. The molecule has 2 aromatic carbocycles. The second kappa shape index (κ2) is 4.10. The summed E-state index contributed by atoms with van der Waals surface area (Å²) in [6.45, 7) is 1.88. The van der Waals surface area contributed by atoms with Crippen LogP contribution in [-0.2, 0) is 0 Å². The zero-order chi connectivity index (χ0) is 11.7. The number of phenolic OH excluding ortho intramolecular Hbond substituents is 2. The van der Waals surface area contributed by atoms with Crippen LogP contribution in [0.1, 0.15) is 5.56 Å². The van der Waals surface area contributed by atoms with Gasteiger partial charge in [-0.3, -0.25) is 0 Å². The fourth-order valence-electron chi connectivity index (χ4n) is 1.76. The van der Waals surface area contributed by atoms with Crippen molar-refractivity contribution in [2.45, 2.75) is 11.8 Å². The van der Waals surface area contributed by atoms with E-state index in [2.05, 4.69) is 12.6 Å². The van der Waals surface area contributed by atoms with Gasteiger partial charge in [0.05, 0.1) is 0 Å². The van der Waals surface area contributed by atoms with E-state index < -0.39 is 0 Å². The Labute approximate surface area is 99.6 Å². The lowest BCUT2D eigenvalue weighted by atomic mass is 9.98.